The van der Waals surface area contributed by atoms with Crippen molar-refractivity contribution in [1.29, 1.82) is 0 Å². The van der Waals surface area contributed by atoms with Gasteiger partial charge < -0.3 is 45.7 Å². The Kier molecular flexibility index (Phi) is 1.89. The Bertz CT molecular complexity index is 574. The second kappa shape index (κ2) is 3.18. The molecule has 4 unspecified atom stereocenters. The fourth-order valence-electron chi connectivity index (χ4n) is 4.65. The maximum absolute atomic E-state index is 10.7. The number of nitrogens with one attached hydrogen (secondary N) is 1. The van der Waals surface area contributed by atoms with Crippen LogP contribution in [0.2, 0.25) is 0 Å². The molecule has 0 aromatic rings. The molecule has 6 rings (SSSR count). The van der Waals surface area contributed by atoms with E-state index >= 15 is 0 Å². The van der Waals surface area contributed by atoms with Gasteiger partial charge in [0.1, 0.15) is 29.5 Å². The van der Waals surface area contributed by atoms with Crippen molar-refractivity contribution < 1.29 is 34.6 Å². The average Bonchev–Trinajstić information content (AvgIpc) is 2.59. The van der Waals surface area contributed by atoms with Gasteiger partial charge in [0.05, 0.1) is 12.5 Å². The van der Waals surface area contributed by atoms with E-state index in [2.05, 4.69) is 10.3 Å². The molecule has 10 heteroatoms. The quantitative estimate of drug-likeness (QED) is 0.281. The van der Waals surface area contributed by atoms with Crippen LogP contribution in [0.15, 0.2) is 4.99 Å². The average molecular weight is 301 g/mol. The fourth-order valence-corrected chi connectivity index (χ4v) is 4.65. The number of aliphatic hydroxyl groups is 4. The summed E-state index contributed by atoms with van der Waals surface area (Å²) in [5, 5.41) is 44.4. The Morgan fingerprint density at radius 1 is 1.29 bits per heavy atom. The summed E-state index contributed by atoms with van der Waals surface area (Å²) in [5.74, 6) is -2.66. The number of hydrogen-bond acceptors (Lipinski definition) is 10. The van der Waals surface area contributed by atoms with Crippen molar-refractivity contribution in [1.82, 2.24) is 5.32 Å². The smallest absolute Gasteiger partial charge is 0.311 e. The SMILES string of the molecule is NC1=NC2O[C@H]3C4(N1)C2C1O[C@]3(O)O[C@@H]([C@H]4O)[C@]1(O)CO. The van der Waals surface area contributed by atoms with Crippen molar-refractivity contribution in [3.63, 3.8) is 0 Å². The molecule has 0 aromatic heterocycles. The largest absolute Gasteiger partial charge is 0.393 e. The topological polar surface area (TPSA) is 159 Å². The number of ether oxygens (including phenoxy) is 3. The first-order chi connectivity index (χ1) is 9.87. The van der Waals surface area contributed by atoms with Gasteiger partial charge in [0.2, 0.25) is 0 Å². The minimum atomic E-state index is -2.13. The molecule has 1 spiro atoms. The van der Waals surface area contributed by atoms with Crippen LogP contribution in [-0.4, -0.2) is 80.7 Å². The summed E-state index contributed by atoms with van der Waals surface area (Å²) in [6.45, 7) is -0.696. The monoisotopic (exact) mass is 301 g/mol. The number of aliphatic imine (C=N–C) groups is 1. The van der Waals surface area contributed by atoms with Crippen molar-refractivity contribution in [3.8, 4) is 0 Å². The van der Waals surface area contributed by atoms with E-state index in [1.807, 2.05) is 0 Å². The third-order valence-electron chi connectivity index (χ3n) is 5.44. The maximum Gasteiger partial charge on any atom is 0.311 e. The highest BCUT2D eigenvalue weighted by Gasteiger charge is 2.86. The molecule has 1 aliphatic carbocycles. The Morgan fingerprint density at radius 3 is 2.71 bits per heavy atom. The molecule has 0 aromatic carbocycles. The lowest BCUT2D eigenvalue weighted by Crippen LogP contribution is -2.92. The normalized spacial score (nSPS) is 66.2. The predicted octanol–water partition coefficient (Wildman–Crippen LogP) is -4.47. The van der Waals surface area contributed by atoms with E-state index in [9.17, 15) is 20.4 Å². The van der Waals surface area contributed by atoms with Gasteiger partial charge in [-0.15, -0.1) is 0 Å². The minimum Gasteiger partial charge on any atom is -0.393 e. The zero-order valence-electron chi connectivity index (χ0n) is 10.7. The molecule has 116 valence electrons. The van der Waals surface area contributed by atoms with Crippen LogP contribution < -0.4 is 11.1 Å². The first-order valence-corrected chi connectivity index (χ1v) is 6.73. The standard InChI is InChI=1S/C11H15N3O7/c12-8-13-6-2-4-9(17,1-15)5-3(16)10(2,14-8)7(19-6)11(18,20-4)21-5/h2-7,15-18H,1H2,(H3,12,13,14)/t2?,3-,4?,5+,6?,7+,9+,10?,11+/m1/s1. The molecule has 0 amide bonds. The summed E-state index contributed by atoms with van der Waals surface area (Å²) in [5.41, 5.74) is 2.70. The van der Waals surface area contributed by atoms with Crippen LogP contribution in [0.25, 0.3) is 0 Å². The third-order valence-corrected chi connectivity index (χ3v) is 5.44. The molecule has 9 atom stereocenters. The van der Waals surface area contributed by atoms with E-state index in [0.717, 1.165) is 0 Å². The van der Waals surface area contributed by atoms with Crippen LogP contribution in [0.1, 0.15) is 0 Å². The van der Waals surface area contributed by atoms with Gasteiger partial charge >= 0.3 is 5.97 Å². The summed E-state index contributed by atoms with van der Waals surface area (Å²) < 4.78 is 16.4. The number of nitrogens with zero attached hydrogens (tertiary/aromatic N) is 1. The molecular formula is C11H15N3O7. The lowest BCUT2D eigenvalue weighted by Gasteiger charge is -2.68. The number of nitrogens with two attached hydrogens (primary N) is 1. The van der Waals surface area contributed by atoms with Gasteiger partial charge in [-0.2, -0.15) is 0 Å². The van der Waals surface area contributed by atoms with Crippen molar-refractivity contribution in [2.75, 3.05) is 6.61 Å². The second-order valence-corrected chi connectivity index (χ2v) is 6.31. The van der Waals surface area contributed by atoms with Crippen molar-refractivity contribution >= 4 is 5.96 Å². The molecule has 4 saturated heterocycles. The molecule has 5 heterocycles. The van der Waals surface area contributed by atoms with E-state index < -0.39 is 60.3 Å². The van der Waals surface area contributed by atoms with E-state index in [1.165, 1.54) is 0 Å². The molecule has 5 aliphatic heterocycles. The highest BCUT2D eigenvalue weighted by atomic mass is 16.9. The first-order valence-electron chi connectivity index (χ1n) is 6.73. The summed E-state index contributed by atoms with van der Waals surface area (Å²) in [6.07, 6.45) is -5.35. The van der Waals surface area contributed by atoms with Crippen LogP contribution in [-0.2, 0) is 14.2 Å². The highest BCUT2D eigenvalue weighted by molar-refractivity contribution is 5.80. The van der Waals surface area contributed by atoms with Crippen molar-refractivity contribution in [3.05, 3.63) is 0 Å². The van der Waals surface area contributed by atoms with Gasteiger partial charge in [-0.3, -0.25) is 0 Å². The highest BCUT2D eigenvalue weighted by Crippen LogP contribution is 2.63. The van der Waals surface area contributed by atoms with Crippen molar-refractivity contribution in [2.24, 2.45) is 16.6 Å². The Balaban J connectivity index is 1.77. The Labute approximate surface area is 118 Å². The molecule has 0 radical (unpaired) electrons. The van der Waals surface area contributed by atoms with E-state index in [0.29, 0.717) is 0 Å². The van der Waals surface area contributed by atoms with E-state index in [1.54, 1.807) is 0 Å². The minimum absolute atomic E-state index is 0.0795. The molecule has 10 nitrogen and oxygen atoms in total. The van der Waals surface area contributed by atoms with Crippen LogP contribution in [0.4, 0.5) is 0 Å². The molecule has 21 heavy (non-hydrogen) atoms. The number of rotatable bonds is 1. The summed E-state index contributed by atoms with van der Waals surface area (Å²) in [7, 11) is 0. The first kappa shape index (κ1) is 12.5. The summed E-state index contributed by atoms with van der Waals surface area (Å²) in [4.78, 5) is 4.09. The summed E-state index contributed by atoms with van der Waals surface area (Å²) >= 11 is 0. The summed E-state index contributed by atoms with van der Waals surface area (Å²) in [6, 6.07) is 0. The molecular weight excluding hydrogens is 286 g/mol. The van der Waals surface area contributed by atoms with Gasteiger partial charge in [-0.1, -0.05) is 0 Å². The number of aliphatic hydroxyl groups excluding tert-OH is 2. The van der Waals surface area contributed by atoms with Gasteiger partial charge in [-0.05, 0) is 0 Å². The van der Waals surface area contributed by atoms with Crippen LogP contribution >= 0.6 is 0 Å². The van der Waals surface area contributed by atoms with Gasteiger partial charge in [0, 0.05) is 0 Å². The number of guanidine groups is 1. The lowest BCUT2D eigenvalue weighted by atomic mass is 9.56. The van der Waals surface area contributed by atoms with Gasteiger partial charge in [0.15, 0.2) is 18.3 Å². The van der Waals surface area contributed by atoms with Crippen LogP contribution in [0.3, 0.4) is 0 Å². The number of hydrogen-bond donors (Lipinski definition) is 6. The second-order valence-electron chi connectivity index (χ2n) is 6.31. The fraction of sp³-hybridized carbons (Fsp3) is 0.909. The lowest BCUT2D eigenvalue weighted by molar-refractivity contribution is -0.529. The molecule has 7 bridgehead atoms. The molecule has 5 fully saturated rings. The maximum atomic E-state index is 10.7. The molecule has 7 N–H and O–H groups in total. The predicted molar refractivity (Wildman–Crippen MR) is 62.4 cm³/mol. The molecule has 1 saturated carbocycles. The van der Waals surface area contributed by atoms with Gasteiger partial charge in [0.25, 0.3) is 0 Å². The van der Waals surface area contributed by atoms with Gasteiger partial charge in [-0.25, -0.2) is 4.99 Å². The third kappa shape index (κ3) is 1.03. The van der Waals surface area contributed by atoms with E-state index in [4.69, 9.17) is 19.9 Å². The Hall–Kier alpha value is -1.01. The Morgan fingerprint density at radius 2 is 2.00 bits per heavy atom. The molecule has 6 aliphatic rings. The van der Waals surface area contributed by atoms with Crippen LogP contribution in [0.5, 0.6) is 0 Å². The zero-order valence-corrected chi connectivity index (χ0v) is 10.7. The van der Waals surface area contributed by atoms with E-state index in [-0.39, 0.29) is 5.96 Å². The van der Waals surface area contributed by atoms with Crippen molar-refractivity contribution in [2.45, 2.75) is 47.8 Å². The van der Waals surface area contributed by atoms with Crippen LogP contribution in [0, 0.1) is 5.92 Å². The zero-order chi connectivity index (χ0) is 14.8.